The van der Waals surface area contributed by atoms with Gasteiger partial charge in [0.2, 0.25) is 11.7 Å². The molecule has 0 radical (unpaired) electrons. The van der Waals surface area contributed by atoms with Gasteiger partial charge in [0.05, 0.1) is 36.7 Å². The number of non-ortho nitro benzene ring substituents is 1. The van der Waals surface area contributed by atoms with Gasteiger partial charge in [0.15, 0.2) is 0 Å². The van der Waals surface area contributed by atoms with Crippen molar-refractivity contribution in [3.8, 4) is 17.2 Å². The van der Waals surface area contributed by atoms with Crippen LogP contribution in [0.3, 0.4) is 0 Å². The number of methoxy groups -OCH3 is 1. The van der Waals surface area contributed by atoms with Crippen LogP contribution in [-0.2, 0) is 33.9 Å². The Labute approximate surface area is 391 Å². The number of unbranched alkanes of at least 4 members (excludes halogenated alkanes) is 2. The highest BCUT2D eigenvalue weighted by molar-refractivity contribution is 6.03. The molecule has 2 aliphatic carbocycles. The highest BCUT2D eigenvalue weighted by Gasteiger charge is 2.65. The Morgan fingerprint density at radius 1 is 0.940 bits per heavy atom. The van der Waals surface area contributed by atoms with E-state index in [2.05, 4.69) is 18.0 Å². The van der Waals surface area contributed by atoms with Gasteiger partial charge in [0, 0.05) is 56.8 Å². The van der Waals surface area contributed by atoms with Gasteiger partial charge in [0.25, 0.3) is 5.69 Å². The lowest BCUT2D eigenvalue weighted by Gasteiger charge is -2.59. The van der Waals surface area contributed by atoms with Crippen molar-refractivity contribution in [2.75, 3.05) is 34.0 Å². The van der Waals surface area contributed by atoms with Crippen LogP contribution in [0.1, 0.15) is 73.1 Å². The number of aliphatic hydroxyl groups is 2. The van der Waals surface area contributed by atoms with E-state index in [-0.39, 0.29) is 75.2 Å². The number of carbonyl (C=O) groups excluding carboxylic acids is 2. The average molecular weight is 917 g/mol. The predicted molar refractivity (Wildman–Crippen MR) is 252 cm³/mol. The van der Waals surface area contributed by atoms with Gasteiger partial charge in [-0.1, -0.05) is 72.6 Å². The first-order valence-corrected chi connectivity index (χ1v) is 22.9. The number of ether oxygens (including phenoxy) is 4. The van der Waals surface area contributed by atoms with Crippen LogP contribution in [0, 0.1) is 27.9 Å². The number of hydrogen-bond acceptors (Lipinski definition) is 12. The summed E-state index contributed by atoms with van der Waals surface area (Å²) in [5.74, 6) is -1.29. The molecule has 0 saturated heterocycles. The van der Waals surface area contributed by atoms with E-state index >= 15 is 0 Å². The maximum atomic E-state index is 14.6. The fourth-order valence-electron chi connectivity index (χ4n) is 9.86. The molecule has 3 N–H and O–H groups in total. The van der Waals surface area contributed by atoms with Crippen molar-refractivity contribution in [3.63, 3.8) is 0 Å². The maximum Gasteiger partial charge on any atom is 0.412 e. The molecule has 1 aliphatic heterocycles. The Balaban J connectivity index is 1.35. The van der Waals surface area contributed by atoms with E-state index in [1.165, 1.54) is 12.1 Å². The molecule has 7 rings (SSSR count). The van der Waals surface area contributed by atoms with Crippen molar-refractivity contribution in [2.24, 2.45) is 22.9 Å². The normalized spacial score (nSPS) is 22.0. The fraction of sp³-hybridized carbons (Fsp3) is 0.404. The lowest BCUT2D eigenvalue weighted by Crippen LogP contribution is -2.69. The standard InChI is InChI=1S/C52H60N4O11/c1-4-27-64-52-47(55(2)48(59)29-37-15-12-17-40(28-37)63-3)32-45(54-65-34-36-19-21-39(22-20-36)56(61)62)43-30-38(16-8-10-25-57)42(18-9-11-26-58)49(50(43)52)44-31-41(23-24-46(44)67-52)66-51(60)53-33-35-13-6-5-7-14-35/h4-7,12-15,17,19-24,28,30-31,38,42,47,49-50,57-58H,1,8-11,16,18,25-27,29,32-34H2,2-3H3,(H,53,60). The number of fused-ring (bicyclic) bond motifs is 2. The topological polar surface area (TPSA) is 192 Å². The Hall–Kier alpha value is -6.55. The summed E-state index contributed by atoms with van der Waals surface area (Å²) in [7, 11) is 3.32. The van der Waals surface area contributed by atoms with Crippen molar-refractivity contribution < 1.29 is 48.5 Å². The number of nitro groups is 1. The van der Waals surface area contributed by atoms with Gasteiger partial charge in [-0.2, -0.15) is 0 Å². The summed E-state index contributed by atoms with van der Waals surface area (Å²) < 4.78 is 25.7. The van der Waals surface area contributed by atoms with Gasteiger partial charge >= 0.3 is 6.09 Å². The molecule has 0 bridgehead atoms. The van der Waals surface area contributed by atoms with Crippen molar-refractivity contribution >= 4 is 23.4 Å². The third-order valence-electron chi connectivity index (χ3n) is 13.0. The summed E-state index contributed by atoms with van der Waals surface area (Å²) in [4.78, 5) is 46.6. The summed E-state index contributed by atoms with van der Waals surface area (Å²) in [6.07, 6.45) is 7.63. The molecule has 1 saturated carbocycles. The number of carbonyl (C=O) groups is 2. The van der Waals surface area contributed by atoms with Crippen molar-refractivity contribution in [3.05, 3.63) is 154 Å². The largest absolute Gasteiger partial charge is 0.497 e. The quantitative estimate of drug-likeness (QED) is 0.0297. The molecule has 1 fully saturated rings. The first-order valence-electron chi connectivity index (χ1n) is 22.9. The number of allylic oxidation sites excluding steroid dienone is 1. The zero-order valence-electron chi connectivity index (χ0n) is 38.1. The molecule has 0 spiro atoms. The molecule has 1 heterocycles. The monoisotopic (exact) mass is 916 g/mol. The molecular weight excluding hydrogens is 857 g/mol. The van der Waals surface area contributed by atoms with Crippen molar-refractivity contribution in [1.82, 2.24) is 10.2 Å². The second kappa shape index (κ2) is 22.8. The molecule has 0 aromatic heterocycles. The predicted octanol–water partition coefficient (Wildman–Crippen LogP) is 8.43. The molecule has 354 valence electrons. The number of benzene rings is 4. The number of oxime groups is 1. The van der Waals surface area contributed by atoms with Crippen LogP contribution >= 0.6 is 0 Å². The number of rotatable bonds is 22. The third kappa shape index (κ3) is 11.4. The Bertz CT molecular complexity index is 2410. The number of nitrogens with one attached hydrogen (secondary N) is 1. The lowest BCUT2D eigenvalue weighted by atomic mass is 9.55. The van der Waals surface area contributed by atoms with Crippen LogP contribution in [0.25, 0.3) is 0 Å². The highest BCUT2D eigenvalue weighted by atomic mass is 16.7. The van der Waals surface area contributed by atoms with Gasteiger partial charge in [0.1, 0.15) is 29.9 Å². The number of nitrogens with zero attached hydrogens (tertiary/aromatic N) is 3. The number of aliphatic hydroxyl groups excluding tert-OH is 2. The minimum atomic E-state index is -1.49. The zero-order chi connectivity index (χ0) is 47.3. The summed E-state index contributed by atoms with van der Waals surface area (Å²) >= 11 is 0. The number of likely N-dealkylation sites (N-methyl/N-ethyl adjacent to an activating group) is 1. The summed E-state index contributed by atoms with van der Waals surface area (Å²) in [5.41, 5.74) is 4.51. The van der Waals surface area contributed by atoms with E-state index in [1.54, 1.807) is 49.4 Å². The van der Waals surface area contributed by atoms with Gasteiger partial charge in [-0.3, -0.25) is 14.9 Å². The van der Waals surface area contributed by atoms with E-state index in [9.17, 15) is 29.9 Å². The SMILES string of the molecule is C=CCOC12Oc3ccc(OC(=O)NCc4ccccc4)cc3C3C(CCCCO)C(CCCCO)C=C(C(=NOCc4ccc([N+](=O)[O-])cc4)CC1N(C)C(=O)Cc1cccc(OC)c1)C32. The number of amides is 2. The first kappa shape index (κ1) is 48.4. The molecular formula is C52H60N4O11. The second-order valence-electron chi connectivity index (χ2n) is 17.2. The molecule has 6 unspecified atom stereocenters. The van der Waals surface area contributed by atoms with E-state index in [4.69, 9.17) is 28.9 Å². The van der Waals surface area contributed by atoms with Crippen LogP contribution < -0.4 is 19.5 Å². The van der Waals surface area contributed by atoms with E-state index in [1.807, 2.05) is 60.7 Å². The van der Waals surface area contributed by atoms with Gasteiger partial charge in [-0.25, -0.2) is 4.79 Å². The zero-order valence-corrected chi connectivity index (χ0v) is 38.1. The van der Waals surface area contributed by atoms with Crippen molar-refractivity contribution in [1.29, 1.82) is 0 Å². The Morgan fingerprint density at radius 2 is 1.69 bits per heavy atom. The van der Waals surface area contributed by atoms with E-state index < -0.39 is 28.8 Å². The molecule has 15 nitrogen and oxygen atoms in total. The third-order valence-corrected chi connectivity index (χ3v) is 13.0. The van der Waals surface area contributed by atoms with Crippen LogP contribution in [0.15, 0.2) is 127 Å². The van der Waals surface area contributed by atoms with E-state index in [0.717, 1.165) is 41.5 Å². The molecule has 2 amide bonds. The smallest absolute Gasteiger partial charge is 0.412 e. The number of nitro benzene ring substituents is 1. The van der Waals surface area contributed by atoms with Gasteiger partial charge < -0.3 is 44.2 Å². The first-order chi connectivity index (χ1) is 32.6. The summed E-state index contributed by atoms with van der Waals surface area (Å²) in [6.45, 7) is 4.46. The summed E-state index contributed by atoms with van der Waals surface area (Å²) in [6, 6.07) is 27.6. The lowest BCUT2D eigenvalue weighted by molar-refractivity contribution is -0.384. The van der Waals surface area contributed by atoms with Crippen LogP contribution in [-0.4, -0.2) is 83.6 Å². The molecule has 67 heavy (non-hydrogen) atoms. The minimum absolute atomic E-state index is 0.0202. The molecule has 6 atom stereocenters. The number of hydrogen-bond donors (Lipinski definition) is 3. The fourth-order valence-corrected chi connectivity index (χ4v) is 9.86. The van der Waals surface area contributed by atoms with Crippen LogP contribution in [0.2, 0.25) is 0 Å². The van der Waals surface area contributed by atoms with Crippen LogP contribution in [0.4, 0.5) is 10.5 Å². The van der Waals surface area contributed by atoms with Gasteiger partial charge in [-0.15, -0.1) is 6.58 Å². The average Bonchev–Trinajstić information content (AvgIpc) is 3.34. The van der Waals surface area contributed by atoms with E-state index in [0.29, 0.717) is 47.8 Å². The van der Waals surface area contributed by atoms with Crippen molar-refractivity contribution in [2.45, 2.75) is 82.3 Å². The maximum absolute atomic E-state index is 14.6. The van der Waals surface area contributed by atoms with Gasteiger partial charge in [-0.05, 0) is 102 Å². The molecule has 4 aromatic carbocycles. The summed E-state index contributed by atoms with van der Waals surface area (Å²) in [5, 5.41) is 38.9. The molecule has 3 aliphatic rings. The molecule has 4 aromatic rings. The Kier molecular flexibility index (Phi) is 16.4. The highest BCUT2D eigenvalue weighted by Crippen LogP contribution is 2.62. The molecule has 15 heteroatoms. The minimum Gasteiger partial charge on any atom is -0.497 e. The van der Waals surface area contributed by atoms with Crippen LogP contribution in [0.5, 0.6) is 17.2 Å². The second-order valence-corrected chi connectivity index (χ2v) is 17.2. The Morgan fingerprint density at radius 3 is 2.40 bits per heavy atom.